The summed E-state index contributed by atoms with van der Waals surface area (Å²) in [5.41, 5.74) is -0.0889. The average molecular weight is 593 g/mol. The van der Waals surface area contributed by atoms with Crippen LogP contribution in [0.4, 0.5) is 0 Å². The topological polar surface area (TPSA) is 117 Å². The summed E-state index contributed by atoms with van der Waals surface area (Å²) in [5, 5.41) is 0.281. The van der Waals surface area contributed by atoms with Crippen molar-refractivity contribution in [2.75, 3.05) is 13.7 Å². The predicted octanol–water partition coefficient (Wildman–Crippen LogP) is 4.64. The van der Waals surface area contributed by atoms with Gasteiger partial charge in [0.05, 0.1) is 29.2 Å². The Kier molecular flexibility index (Phi) is 6.92. The van der Waals surface area contributed by atoms with Crippen molar-refractivity contribution in [3.05, 3.63) is 112 Å². The number of methoxy groups -OCH3 is 1. The minimum absolute atomic E-state index is 0.0922. The number of carbonyl (C=O) groups excluding carboxylic acids is 1. The van der Waals surface area contributed by atoms with Crippen LogP contribution in [0.5, 0.6) is 5.75 Å². The van der Waals surface area contributed by atoms with E-state index >= 15 is 0 Å². The lowest BCUT2D eigenvalue weighted by Crippen LogP contribution is -2.41. The molecule has 12 heteroatoms. The molecule has 1 aliphatic heterocycles. The van der Waals surface area contributed by atoms with Crippen molar-refractivity contribution in [2.24, 2.45) is 0 Å². The number of halogens is 1. The molecular formula is C29H25ClN4O6S. The number of likely N-dealkylation sites (tertiary alicyclic amines) is 1. The minimum atomic E-state index is -4.39. The molecule has 0 N–H and O–H groups in total. The number of aromatic nitrogens is 3. The summed E-state index contributed by atoms with van der Waals surface area (Å²) >= 11 is 6.36. The van der Waals surface area contributed by atoms with E-state index in [4.69, 9.17) is 20.8 Å². The maximum absolute atomic E-state index is 14.4. The van der Waals surface area contributed by atoms with Gasteiger partial charge in [-0.1, -0.05) is 41.9 Å². The van der Waals surface area contributed by atoms with Gasteiger partial charge in [-0.15, -0.1) is 0 Å². The van der Waals surface area contributed by atoms with Crippen molar-refractivity contribution in [3.8, 4) is 5.75 Å². The van der Waals surface area contributed by atoms with Crippen LogP contribution in [0, 0.1) is 0 Å². The number of carbonyl (C=O) groups is 1. The smallest absolute Gasteiger partial charge is 0.344 e. The third-order valence-corrected chi connectivity index (χ3v) is 9.21. The van der Waals surface area contributed by atoms with Gasteiger partial charge in [-0.2, -0.15) is 3.97 Å². The molecule has 1 unspecified atom stereocenters. The van der Waals surface area contributed by atoms with Gasteiger partial charge in [0.1, 0.15) is 24.1 Å². The van der Waals surface area contributed by atoms with Gasteiger partial charge in [-0.3, -0.25) is 9.36 Å². The highest BCUT2D eigenvalue weighted by molar-refractivity contribution is 7.90. The fourth-order valence-corrected chi connectivity index (χ4v) is 6.94. The van der Waals surface area contributed by atoms with Crippen molar-refractivity contribution in [3.63, 3.8) is 0 Å². The predicted molar refractivity (Wildman–Crippen MR) is 152 cm³/mol. The molecule has 3 aromatic carbocycles. The molecule has 10 nitrogen and oxygen atoms in total. The standard InChI is InChI=1S/C29H25ClN4O6S/c1-39-21-10-12-22(13-11-21)41(37,38)34-23-14-9-20(30)18-25(23)33(29(34)36)26(19-6-3-2-4-7-19)28(35)32-16-5-8-24(32)27-31-15-17-40-27/h2-4,6-7,9-15,17-18,24,26H,5,8,16H2,1H3/t24-,26?/m0/s1. The lowest BCUT2D eigenvalue weighted by atomic mass is 10.0. The number of ether oxygens (including phenoxy) is 1. The summed E-state index contributed by atoms with van der Waals surface area (Å²) in [7, 11) is -2.91. The van der Waals surface area contributed by atoms with Crippen molar-refractivity contribution >= 4 is 38.6 Å². The Labute approximate surface area is 240 Å². The maximum Gasteiger partial charge on any atom is 0.344 e. The SMILES string of the molecule is COc1ccc(S(=O)(=O)n2c(=O)n(C(C(=O)N3CCC[C@H]3c3ncco3)c3ccccc3)c3cc(Cl)ccc32)cc1. The molecule has 6 rings (SSSR count). The third kappa shape index (κ3) is 4.60. The first-order chi connectivity index (χ1) is 19.8. The van der Waals surface area contributed by atoms with E-state index in [0.29, 0.717) is 36.6 Å². The van der Waals surface area contributed by atoms with E-state index in [2.05, 4.69) is 4.98 Å². The summed E-state index contributed by atoms with van der Waals surface area (Å²) in [4.78, 5) is 34.5. The molecule has 2 atom stereocenters. The van der Waals surface area contributed by atoms with E-state index in [-0.39, 0.29) is 26.9 Å². The summed E-state index contributed by atoms with van der Waals surface area (Å²) in [6.07, 6.45) is 4.33. The van der Waals surface area contributed by atoms with Crippen molar-refractivity contribution < 1.29 is 22.4 Å². The molecule has 0 spiro atoms. The molecule has 5 aromatic rings. The average Bonchev–Trinajstić information content (AvgIpc) is 3.74. The number of rotatable bonds is 7. The second-order valence-corrected chi connectivity index (χ2v) is 11.8. The lowest BCUT2D eigenvalue weighted by Gasteiger charge is -2.28. The van der Waals surface area contributed by atoms with Gasteiger partial charge in [0.25, 0.3) is 15.9 Å². The quantitative estimate of drug-likeness (QED) is 0.270. The number of fused-ring (bicyclic) bond motifs is 1. The van der Waals surface area contributed by atoms with E-state index in [1.165, 1.54) is 66.6 Å². The second-order valence-electron chi connectivity index (χ2n) is 9.60. The Balaban J connectivity index is 1.58. The molecular weight excluding hydrogens is 568 g/mol. The normalized spacial score (nSPS) is 16.2. The highest BCUT2D eigenvalue weighted by Gasteiger charge is 2.40. The number of benzene rings is 3. The molecule has 41 heavy (non-hydrogen) atoms. The summed E-state index contributed by atoms with van der Waals surface area (Å²) in [5.74, 6) is 0.480. The van der Waals surface area contributed by atoms with Crippen LogP contribution in [0.15, 0.2) is 99.4 Å². The van der Waals surface area contributed by atoms with Crippen LogP contribution in [0.3, 0.4) is 0 Å². The Bertz CT molecular complexity index is 1880. The molecule has 0 bridgehead atoms. The number of nitrogens with zero attached hydrogens (tertiary/aromatic N) is 4. The summed E-state index contributed by atoms with van der Waals surface area (Å²) in [6, 6.07) is 17.4. The number of hydrogen-bond donors (Lipinski definition) is 0. The zero-order valence-electron chi connectivity index (χ0n) is 21.9. The van der Waals surface area contributed by atoms with Gasteiger partial charge in [-0.05, 0) is 60.9 Å². The summed E-state index contributed by atoms with van der Waals surface area (Å²) < 4.78 is 40.5. The van der Waals surface area contributed by atoms with Crippen LogP contribution < -0.4 is 10.4 Å². The van der Waals surface area contributed by atoms with Crippen LogP contribution in [-0.2, 0) is 14.8 Å². The Morgan fingerprint density at radius 2 is 1.83 bits per heavy atom. The van der Waals surface area contributed by atoms with E-state index in [1.54, 1.807) is 35.2 Å². The van der Waals surface area contributed by atoms with E-state index < -0.39 is 27.8 Å². The van der Waals surface area contributed by atoms with Crippen LogP contribution in [0.1, 0.15) is 36.4 Å². The van der Waals surface area contributed by atoms with E-state index in [9.17, 15) is 18.0 Å². The van der Waals surface area contributed by atoms with Gasteiger partial charge < -0.3 is 14.1 Å². The monoisotopic (exact) mass is 592 g/mol. The number of oxazole rings is 1. The van der Waals surface area contributed by atoms with Gasteiger partial charge in [-0.25, -0.2) is 18.2 Å². The maximum atomic E-state index is 14.4. The fourth-order valence-electron chi connectivity index (χ4n) is 5.38. The van der Waals surface area contributed by atoms with Crippen molar-refractivity contribution in [2.45, 2.75) is 29.8 Å². The molecule has 2 aromatic heterocycles. The van der Waals surface area contributed by atoms with Crippen LogP contribution in [0.2, 0.25) is 5.02 Å². The second kappa shape index (κ2) is 10.6. The van der Waals surface area contributed by atoms with Crippen LogP contribution >= 0.6 is 11.6 Å². The molecule has 210 valence electrons. The first kappa shape index (κ1) is 26.9. The Morgan fingerprint density at radius 1 is 1.07 bits per heavy atom. The van der Waals surface area contributed by atoms with Gasteiger partial charge in [0.2, 0.25) is 5.89 Å². The van der Waals surface area contributed by atoms with Crippen LogP contribution in [0.25, 0.3) is 11.0 Å². The fraction of sp³-hybridized carbons (Fsp3) is 0.207. The lowest BCUT2D eigenvalue weighted by molar-refractivity contribution is -0.134. The van der Waals surface area contributed by atoms with Crippen molar-refractivity contribution in [1.29, 1.82) is 0 Å². The van der Waals surface area contributed by atoms with Gasteiger partial charge in [0.15, 0.2) is 0 Å². The Morgan fingerprint density at radius 3 is 2.51 bits per heavy atom. The largest absolute Gasteiger partial charge is 0.497 e. The molecule has 0 saturated carbocycles. The molecule has 1 fully saturated rings. The molecule has 0 aliphatic carbocycles. The molecule has 1 aliphatic rings. The molecule has 0 radical (unpaired) electrons. The first-order valence-electron chi connectivity index (χ1n) is 12.9. The van der Waals surface area contributed by atoms with Gasteiger partial charge >= 0.3 is 5.69 Å². The number of amides is 1. The van der Waals surface area contributed by atoms with Crippen molar-refractivity contribution in [1.82, 2.24) is 18.4 Å². The minimum Gasteiger partial charge on any atom is -0.497 e. The highest BCUT2D eigenvalue weighted by atomic mass is 35.5. The summed E-state index contributed by atoms with van der Waals surface area (Å²) in [6.45, 7) is 0.424. The molecule has 1 saturated heterocycles. The van der Waals surface area contributed by atoms with E-state index in [1.807, 2.05) is 0 Å². The zero-order valence-corrected chi connectivity index (χ0v) is 23.5. The number of imidazole rings is 1. The first-order valence-corrected chi connectivity index (χ1v) is 14.7. The van der Waals surface area contributed by atoms with E-state index in [0.717, 1.165) is 3.97 Å². The molecule has 3 heterocycles. The zero-order chi connectivity index (χ0) is 28.7. The highest BCUT2D eigenvalue weighted by Crippen LogP contribution is 2.36. The van der Waals surface area contributed by atoms with Gasteiger partial charge in [0, 0.05) is 11.6 Å². The Hall–Kier alpha value is -4.35. The third-order valence-electron chi connectivity index (χ3n) is 7.27. The van der Waals surface area contributed by atoms with Crippen LogP contribution in [-0.4, -0.2) is 46.4 Å². The number of hydrogen-bond acceptors (Lipinski definition) is 7. The molecule has 1 amide bonds.